The molecule has 2 aliphatic rings. The molecule has 3 amide bonds. The van der Waals surface area contributed by atoms with Crippen molar-refractivity contribution in [3.05, 3.63) is 57.4 Å². The zero-order valence-electron chi connectivity index (χ0n) is 16.8. The molecule has 0 spiro atoms. The van der Waals surface area contributed by atoms with E-state index in [-0.39, 0.29) is 17.9 Å². The fourth-order valence-electron chi connectivity index (χ4n) is 3.33. The van der Waals surface area contributed by atoms with Gasteiger partial charge in [0.1, 0.15) is 22.1 Å². The number of nitro benzene ring substituents is 1. The maximum atomic E-state index is 12.7. The summed E-state index contributed by atoms with van der Waals surface area (Å²) in [5.41, 5.74) is 1.11. The standard InChI is InChI=1S/C18H17N7O6S2/c26-15-13(21-18(29)19-5-9-1-3-11(4-2-9)25(30)31)16-24(15)14(17(27)28)10(8-33-16)7-32-12-6-20-23-22-12/h1-4,6,13,16H,5,7-8H2,(H,27,28)(H2,19,21,29)(H,20,22,23)/t13?,16-/m1/s1. The molecule has 0 radical (unpaired) electrons. The summed E-state index contributed by atoms with van der Waals surface area (Å²) in [5.74, 6) is -0.973. The van der Waals surface area contributed by atoms with Gasteiger partial charge in [0.15, 0.2) is 0 Å². The summed E-state index contributed by atoms with van der Waals surface area (Å²) in [7, 11) is 0. The molecular formula is C18H17N7O6S2. The first-order valence-corrected chi connectivity index (χ1v) is 11.5. The minimum atomic E-state index is -1.20. The van der Waals surface area contributed by atoms with Gasteiger partial charge in [0.2, 0.25) is 0 Å². The molecule has 1 aromatic heterocycles. The van der Waals surface area contributed by atoms with Gasteiger partial charge in [0.25, 0.3) is 11.6 Å². The van der Waals surface area contributed by atoms with Gasteiger partial charge >= 0.3 is 12.0 Å². The van der Waals surface area contributed by atoms with Crippen molar-refractivity contribution in [3.8, 4) is 0 Å². The SMILES string of the molecule is O=C(NCc1ccc([N+](=O)[O-])cc1)NC1C(=O)N2C(C(=O)O)=C(CSc3cn[nH]n3)CS[C@H]12. The Labute approximate surface area is 194 Å². The fraction of sp³-hybridized carbons (Fsp3) is 0.278. The zero-order chi connectivity index (χ0) is 23.5. The number of aliphatic carboxylic acids is 1. The monoisotopic (exact) mass is 491 g/mol. The van der Waals surface area contributed by atoms with Crippen molar-refractivity contribution in [3.63, 3.8) is 0 Å². The number of β-lactam (4-membered cyclic amide) rings is 1. The van der Waals surface area contributed by atoms with Crippen LogP contribution in [0.25, 0.3) is 0 Å². The number of benzene rings is 1. The zero-order valence-corrected chi connectivity index (χ0v) is 18.4. The van der Waals surface area contributed by atoms with Gasteiger partial charge in [0, 0.05) is 30.2 Å². The minimum absolute atomic E-state index is 0.0567. The molecule has 4 rings (SSSR count). The molecule has 0 bridgehead atoms. The molecule has 0 saturated carbocycles. The number of hydrogen-bond acceptors (Lipinski definition) is 9. The third kappa shape index (κ3) is 4.78. The molecule has 13 nitrogen and oxygen atoms in total. The lowest BCUT2D eigenvalue weighted by atomic mass is 10.0. The molecule has 0 aliphatic carbocycles. The number of carbonyl (C=O) groups excluding carboxylic acids is 2. The number of aromatic nitrogens is 3. The number of carboxylic acids is 1. The number of rotatable bonds is 8. The maximum absolute atomic E-state index is 12.7. The smallest absolute Gasteiger partial charge is 0.352 e. The molecule has 4 N–H and O–H groups in total. The molecule has 1 aromatic carbocycles. The molecule has 15 heteroatoms. The van der Waals surface area contributed by atoms with Crippen molar-refractivity contribution in [2.24, 2.45) is 0 Å². The molecule has 3 heterocycles. The van der Waals surface area contributed by atoms with E-state index in [1.807, 2.05) is 0 Å². The van der Waals surface area contributed by atoms with Crippen molar-refractivity contribution >= 4 is 47.1 Å². The second-order valence-electron chi connectivity index (χ2n) is 6.99. The van der Waals surface area contributed by atoms with Crippen LogP contribution in [0, 0.1) is 10.1 Å². The number of fused-ring (bicyclic) bond motifs is 1. The Morgan fingerprint density at radius 1 is 1.36 bits per heavy atom. The molecule has 2 aromatic rings. The summed E-state index contributed by atoms with van der Waals surface area (Å²) in [6.07, 6.45) is 1.52. The Kier molecular flexibility index (Phi) is 6.50. The largest absolute Gasteiger partial charge is 0.477 e. The summed E-state index contributed by atoms with van der Waals surface area (Å²) in [6.45, 7) is 0.107. The minimum Gasteiger partial charge on any atom is -0.477 e. The van der Waals surface area contributed by atoms with Crippen LogP contribution in [0.2, 0.25) is 0 Å². The average Bonchev–Trinajstić information content (AvgIpc) is 3.33. The Balaban J connectivity index is 1.35. The van der Waals surface area contributed by atoms with Crippen LogP contribution < -0.4 is 10.6 Å². The highest BCUT2D eigenvalue weighted by Gasteiger charge is 2.54. The molecule has 33 heavy (non-hydrogen) atoms. The van der Waals surface area contributed by atoms with Crippen LogP contribution in [-0.2, 0) is 16.1 Å². The van der Waals surface area contributed by atoms with Crippen molar-refractivity contribution in [1.29, 1.82) is 0 Å². The first kappa shape index (κ1) is 22.6. The molecule has 1 saturated heterocycles. The normalized spacial score (nSPS) is 19.5. The highest BCUT2D eigenvalue weighted by atomic mass is 32.2. The van der Waals surface area contributed by atoms with Crippen molar-refractivity contribution in [2.45, 2.75) is 23.0 Å². The number of thioether (sulfide) groups is 2. The third-order valence-electron chi connectivity index (χ3n) is 4.92. The van der Waals surface area contributed by atoms with E-state index in [9.17, 15) is 29.6 Å². The first-order valence-electron chi connectivity index (χ1n) is 9.51. The van der Waals surface area contributed by atoms with Crippen molar-refractivity contribution < 1.29 is 24.4 Å². The van der Waals surface area contributed by atoms with E-state index in [0.29, 0.717) is 27.7 Å². The highest BCUT2D eigenvalue weighted by Crippen LogP contribution is 2.41. The number of nitrogens with one attached hydrogen (secondary N) is 3. The fourth-order valence-corrected chi connectivity index (χ4v) is 5.59. The molecule has 2 aliphatic heterocycles. The lowest BCUT2D eigenvalue weighted by Gasteiger charge is -2.49. The third-order valence-corrected chi connectivity index (χ3v) is 7.25. The number of nitro groups is 1. The van der Waals surface area contributed by atoms with Crippen molar-refractivity contribution in [2.75, 3.05) is 11.5 Å². The van der Waals surface area contributed by atoms with E-state index in [1.165, 1.54) is 58.9 Å². The van der Waals surface area contributed by atoms with E-state index in [1.54, 1.807) is 0 Å². The first-order chi connectivity index (χ1) is 15.8. The number of H-pyrrole nitrogens is 1. The van der Waals surface area contributed by atoms with E-state index in [4.69, 9.17) is 0 Å². The Morgan fingerprint density at radius 2 is 2.12 bits per heavy atom. The number of nitrogens with zero attached hydrogens (tertiary/aromatic N) is 4. The van der Waals surface area contributed by atoms with Gasteiger partial charge in [-0.3, -0.25) is 19.8 Å². The number of aromatic amines is 1. The van der Waals surface area contributed by atoms with Gasteiger partial charge in [-0.25, -0.2) is 9.59 Å². The predicted octanol–water partition coefficient (Wildman–Crippen LogP) is 0.927. The number of carboxylic acid groups (broad SMARTS) is 1. The van der Waals surface area contributed by atoms with Crippen LogP contribution in [0.3, 0.4) is 0 Å². The van der Waals surface area contributed by atoms with Gasteiger partial charge in [-0.15, -0.1) is 16.9 Å². The van der Waals surface area contributed by atoms with Gasteiger partial charge in [-0.2, -0.15) is 10.3 Å². The van der Waals surface area contributed by atoms with Gasteiger partial charge < -0.3 is 15.7 Å². The van der Waals surface area contributed by atoms with Crippen LogP contribution in [-0.4, -0.2) is 71.2 Å². The topological polar surface area (TPSA) is 183 Å². The Morgan fingerprint density at radius 3 is 2.76 bits per heavy atom. The van der Waals surface area contributed by atoms with Crippen LogP contribution in [0.5, 0.6) is 0 Å². The summed E-state index contributed by atoms with van der Waals surface area (Å²) in [4.78, 5) is 48.2. The van der Waals surface area contributed by atoms with Gasteiger partial charge in [-0.1, -0.05) is 23.9 Å². The second-order valence-corrected chi connectivity index (χ2v) is 9.09. The lowest BCUT2D eigenvalue weighted by Crippen LogP contribution is -2.71. The number of non-ortho nitro benzene ring substituents is 1. The number of amides is 3. The van der Waals surface area contributed by atoms with Gasteiger partial charge in [-0.05, 0) is 11.1 Å². The van der Waals surface area contributed by atoms with Crippen LogP contribution >= 0.6 is 23.5 Å². The summed E-state index contributed by atoms with van der Waals surface area (Å²) in [6, 6.07) is 4.26. The van der Waals surface area contributed by atoms with E-state index < -0.39 is 34.2 Å². The summed E-state index contributed by atoms with van der Waals surface area (Å²) < 4.78 is 0. The molecule has 1 fully saturated rings. The van der Waals surface area contributed by atoms with Crippen LogP contribution in [0.4, 0.5) is 10.5 Å². The molecule has 2 atom stereocenters. The molecular weight excluding hydrogens is 474 g/mol. The number of carbonyl (C=O) groups is 3. The number of hydrogen-bond donors (Lipinski definition) is 4. The van der Waals surface area contributed by atoms with E-state index >= 15 is 0 Å². The Hall–Kier alpha value is -3.59. The quantitative estimate of drug-likeness (QED) is 0.179. The van der Waals surface area contributed by atoms with Crippen LogP contribution in [0.15, 0.2) is 46.8 Å². The second kappa shape index (κ2) is 9.50. The van der Waals surface area contributed by atoms with Crippen molar-refractivity contribution in [1.82, 2.24) is 30.9 Å². The molecule has 172 valence electrons. The number of urea groups is 1. The lowest BCUT2D eigenvalue weighted by molar-refractivity contribution is -0.384. The summed E-state index contributed by atoms with van der Waals surface area (Å²) >= 11 is 2.68. The summed E-state index contributed by atoms with van der Waals surface area (Å²) in [5, 5.41) is 35.8. The maximum Gasteiger partial charge on any atom is 0.352 e. The van der Waals surface area contributed by atoms with E-state index in [2.05, 4.69) is 26.0 Å². The average molecular weight is 492 g/mol. The Bertz CT molecular complexity index is 1120. The van der Waals surface area contributed by atoms with Crippen LogP contribution in [0.1, 0.15) is 5.56 Å². The highest BCUT2D eigenvalue weighted by molar-refractivity contribution is 8.01. The van der Waals surface area contributed by atoms with Gasteiger partial charge in [0.05, 0.1) is 11.1 Å². The molecule has 1 unspecified atom stereocenters. The predicted molar refractivity (Wildman–Crippen MR) is 117 cm³/mol. The van der Waals surface area contributed by atoms with E-state index in [0.717, 1.165) is 0 Å².